The number of nitrogen functional groups attached to an aromatic ring is 1. The number of hydrogen-bond donors (Lipinski definition) is 2. The van der Waals surface area contributed by atoms with E-state index in [0.29, 0.717) is 11.1 Å². The van der Waals surface area contributed by atoms with Gasteiger partial charge in [-0.2, -0.15) is 0 Å². The minimum absolute atomic E-state index is 0.0487. The van der Waals surface area contributed by atoms with Crippen LogP contribution in [0.1, 0.15) is 6.92 Å². The molecule has 19 heavy (non-hydrogen) atoms. The molecule has 1 heterocycles. The normalized spacial score (nSPS) is 11.0. The zero-order valence-electron chi connectivity index (χ0n) is 10.6. The SMILES string of the molecule is CCNc1ccc(N)c2sc3ccccc3c(=O)c12. The lowest BCUT2D eigenvalue weighted by Crippen LogP contribution is -2.07. The summed E-state index contributed by atoms with van der Waals surface area (Å²) < 4.78 is 1.84. The number of hydrogen-bond acceptors (Lipinski definition) is 4. The molecule has 0 saturated heterocycles. The van der Waals surface area contributed by atoms with Crippen molar-refractivity contribution in [2.45, 2.75) is 6.92 Å². The van der Waals surface area contributed by atoms with E-state index in [1.807, 2.05) is 43.3 Å². The Labute approximate surface area is 114 Å². The van der Waals surface area contributed by atoms with Gasteiger partial charge in [0.2, 0.25) is 0 Å². The first-order valence-electron chi connectivity index (χ1n) is 6.20. The molecule has 0 aliphatic rings. The van der Waals surface area contributed by atoms with Crippen LogP contribution in [-0.4, -0.2) is 6.54 Å². The van der Waals surface area contributed by atoms with Crippen LogP contribution in [0.2, 0.25) is 0 Å². The largest absolute Gasteiger partial charge is 0.398 e. The zero-order chi connectivity index (χ0) is 13.4. The van der Waals surface area contributed by atoms with Crippen LogP contribution in [0.25, 0.3) is 20.2 Å². The second-order valence-corrected chi connectivity index (χ2v) is 5.42. The lowest BCUT2D eigenvalue weighted by molar-refractivity contribution is 1.22. The molecule has 1 aromatic heterocycles. The smallest absolute Gasteiger partial charge is 0.198 e. The zero-order valence-corrected chi connectivity index (χ0v) is 11.4. The number of anilines is 2. The van der Waals surface area contributed by atoms with Gasteiger partial charge >= 0.3 is 0 Å². The molecule has 3 rings (SSSR count). The van der Waals surface area contributed by atoms with Crippen LogP contribution in [0.4, 0.5) is 11.4 Å². The molecule has 0 saturated carbocycles. The Morgan fingerprint density at radius 3 is 2.79 bits per heavy atom. The van der Waals surface area contributed by atoms with Crippen LogP contribution in [0.3, 0.4) is 0 Å². The lowest BCUT2D eigenvalue weighted by atomic mass is 10.1. The Bertz CT molecular complexity index is 823. The molecular formula is C15H14N2OS. The Balaban J connectivity index is 2.53. The lowest BCUT2D eigenvalue weighted by Gasteiger charge is -2.10. The van der Waals surface area contributed by atoms with Gasteiger partial charge in [0.05, 0.1) is 10.1 Å². The Kier molecular flexibility index (Phi) is 2.87. The molecule has 0 amide bonds. The summed E-state index contributed by atoms with van der Waals surface area (Å²) in [5.41, 5.74) is 7.59. The van der Waals surface area contributed by atoms with E-state index in [4.69, 9.17) is 5.73 Å². The van der Waals surface area contributed by atoms with Gasteiger partial charge < -0.3 is 11.1 Å². The molecule has 0 unspecified atom stereocenters. The number of benzene rings is 2. The number of fused-ring (bicyclic) bond motifs is 2. The Morgan fingerprint density at radius 2 is 2.00 bits per heavy atom. The molecule has 0 radical (unpaired) electrons. The minimum Gasteiger partial charge on any atom is -0.398 e. The van der Waals surface area contributed by atoms with Crippen molar-refractivity contribution in [2.75, 3.05) is 17.6 Å². The van der Waals surface area contributed by atoms with Gasteiger partial charge in [-0.05, 0) is 31.2 Å². The highest BCUT2D eigenvalue weighted by Gasteiger charge is 2.11. The van der Waals surface area contributed by atoms with Gasteiger partial charge in [0, 0.05) is 28.0 Å². The monoisotopic (exact) mass is 270 g/mol. The van der Waals surface area contributed by atoms with E-state index in [1.165, 1.54) is 0 Å². The van der Waals surface area contributed by atoms with E-state index in [2.05, 4.69) is 5.32 Å². The van der Waals surface area contributed by atoms with Crippen molar-refractivity contribution in [2.24, 2.45) is 0 Å². The molecule has 4 heteroatoms. The third-order valence-corrected chi connectivity index (χ3v) is 4.35. The van der Waals surface area contributed by atoms with Crippen molar-refractivity contribution in [3.63, 3.8) is 0 Å². The van der Waals surface area contributed by atoms with E-state index < -0.39 is 0 Å². The molecule has 0 atom stereocenters. The second-order valence-electron chi connectivity index (χ2n) is 4.36. The molecule has 0 fully saturated rings. The molecular weight excluding hydrogens is 256 g/mol. The van der Waals surface area contributed by atoms with Gasteiger partial charge in [-0.25, -0.2) is 0 Å². The van der Waals surface area contributed by atoms with E-state index in [1.54, 1.807) is 11.3 Å². The molecule has 0 aliphatic carbocycles. The maximum atomic E-state index is 12.6. The topological polar surface area (TPSA) is 55.1 Å². The van der Waals surface area contributed by atoms with Crippen LogP contribution >= 0.6 is 11.3 Å². The first kappa shape index (κ1) is 12.0. The minimum atomic E-state index is 0.0487. The standard InChI is InChI=1S/C15H14N2OS/c1-2-17-11-8-7-10(16)15-13(11)14(18)9-5-3-4-6-12(9)19-15/h3-8,17H,2,16H2,1H3. The summed E-state index contributed by atoms with van der Waals surface area (Å²) in [7, 11) is 0. The summed E-state index contributed by atoms with van der Waals surface area (Å²) in [6.07, 6.45) is 0. The Morgan fingerprint density at radius 1 is 1.21 bits per heavy atom. The highest BCUT2D eigenvalue weighted by Crippen LogP contribution is 2.32. The van der Waals surface area contributed by atoms with Crippen molar-refractivity contribution in [1.82, 2.24) is 0 Å². The summed E-state index contributed by atoms with van der Waals surface area (Å²) in [5.74, 6) is 0. The first-order chi connectivity index (χ1) is 9.22. The number of nitrogens with one attached hydrogen (secondary N) is 1. The molecule has 2 aromatic carbocycles. The van der Waals surface area contributed by atoms with E-state index in [9.17, 15) is 4.79 Å². The van der Waals surface area contributed by atoms with Crippen molar-refractivity contribution in [1.29, 1.82) is 0 Å². The molecule has 3 aromatic rings. The maximum absolute atomic E-state index is 12.6. The molecule has 3 N–H and O–H groups in total. The maximum Gasteiger partial charge on any atom is 0.198 e. The van der Waals surface area contributed by atoms with Crippen molar-refractivity contribution < 1.29 is 0 Å². The van der Waals surface area contributed by atoms with Crippen LogP contribution in [0.15, 0.2) is 41.2 Å². The molecule has 0 aliphatic heterocycles. The highest BCUT2D eigenvalue weighted by atomic mass is 32.1. The summed E-state index contributed by atoms with van der Waals surface area (Å²) in [6.45, 7) is 2.78. The van der Waals surface area contributed by atoms with Gasteiger partial charge in [-0.1, -0.05) is 12.1 Å². The summed E-state index contributed by atoms with van der Waals surface area (Å²) in [5, 5.41) is 4.69. The van der Waals surface area contributed by atoms with Crippen molar-refractivity contribution >= 4 is 42.9 Å². The predicted octanol–water partition coefficient (Wildman–Crippen LogP) is 3.43. The fraction of sp³-hybridized carbons (Fsp3) is 0.133. The first-order valence-corrected chi connectivity index (χ1v) is 7.02. The van der Waals surface area contributed by atoms with E-state index in [0.717, 1.165) is 27.0 Å². The van der Waals surface area contributed by atoms with Crippen LogP contribution in [-0.2, 0) is 0 Å². The Hall–Kier alpha value is -2.07. The van der Waals surface area contributed by atoms with Gasteiger partial charge in [-0.15, -0.1) is 11.3 Å². The van der Waals surface area contributed by atoms with Gasteiger partial charge in [0.15, 0.2) is 5.43 Å². The summed E-state index contributed by atoms with van der Waals surface area (Å²) in [4.78, 5) is 12.6. The molecule has 96 valence electrons. The van der Waals surface area contributed by atoms with Crippen LogP contribution < -0.4 is 16.5 Å². The fourth-order valence-electron chi connectivity index (χ4n) is 2.26. The number of nitrogens with two attached hydrogens (primary N) is 1. The van der Waals surface area contributed by atoms with Crippen molar-refractivity contribution in [3.8, 4) is 0 Å². The summed E-state index contributed by atoms with van der Waals surface area (Å²) >= 11 is 1.57. The van der Waals surface area contributed by atoms with Gasteiger partial charge in [0.25, 0.3) is 0 Å². The summed E-state index contributed by atoms with van der Waals surface area (Å²) in [6, 6.07) is 11.4. The molecule has 0 bridgehead atoms. The molecule has 3 nitrogen and oxygen atoms in total. The molecule has 0 spiro atoms. The average Bonchev–Trinajstić information content (AvgIpc) is 2.43. The predicted molar refractivity (Wildman–Crippen MR) is 84.2 cm³/mol. The van der Waals surface area contributed by atoms with Crippen molar-refractivity contribution in [3.05, 3.63) is 46.6 Å². The van der Waals surface area contributed by atoms with Gasteiger partial charge in [0.1, 0.15) is 0 Å². The van der Waals surface area contributed by atoms with Crippen LogP contribution in [0.5, 0.6) is 0 Å². The fourth-order valence-corrected chi connectivity index (χ4v) is 3.39. The van der Waals surface area contributed by atoms with Crippen LogP contribution in [0, 0.1) is 0 Å². The number of rotatable bonds is 2. The highest BCUT2D eigenvalue weighted by molar-refractivity contribution is 7.25. The second kappa shape index (κ2) is 4.55. The van der Waals surface area contributed by atoms with E-state index >= 15 is 0 Å². The third kappa shape index (κ3) is 1.85. The van der Waals surface area contributed by atoms with E-state index in [-0.39, 0.29) is 5.43 Å². The quantitative estimate of drug-likeness (QED) is 0.554. The van der Waals surface area contributed by atoms with Gasteiger partial charge in [-0.3, -0.25) is 4.79 Å². The third-order valence-electron chi connectivity index (χ3n) is 3.13. The average molecular weight is 270 g/mol.